The topological polar surface area (TPSA) is 89.9 Å². The lowest BCUT2D eigenvalue weighted by atomic mass is 10.0. The van der Waals surface area contributed by atoms with Crippen LogP contribution in [0.5, 0.6) is 0 Å². The third-order valence-corrected chi connectivity index (χ3v) is 5.25. The van der Waals surface area contributed by atoms with E-state index in [1.807, 2.05) is 35.7 Å². The van der Waals surface area contributed by atoms with E-state index in [0.29, 0.717) is 18.9 Å². The van der Waals surface area contributed by atoms with Crippen LogP contribution in [-0.2, 0) is 17.8 Å². The van der Waals surface area contributed by atoms with Gasteiger partial charge >= 0.3 is 0 Å². The number of hydrogen-bond acceptors (Lipinski definition) is 6. The summed E-state index contributed by atoms with van der Waals surface area (Å²) in [6, 6.07) is 0. The van der Waals surface area contributed by atoms with E-state index in [1.54, 1.807) is 18.7 Å². The second-order valence-electron chi connectivity index (χ2n) is 7.34. The van der Waals surface area contributed by atoms with Gasteiger partial charge in [0.15, 0.2) is 0 Å². The molecule has 146 valence electrons. The Kier molecular flexibility index (Phi) is 5.18. The molecule has 1 aliphatic rings. The molecule has 4 rings (SSSR count). The summed E-state index contributed by atoms with van der Waals surface area (Å²) in [6.07, 6.45) is 11.2. The molecule has 0 radical (unpaired) electrons. The Labute approximate surface area is 163 Å². The summed E-state index contributed by atoms with van der Waals surface area (Å²) in [5, 5.41) is 4.00. The molecular formula is C20H24N6O2. The monoisotopic (exact) mass is 380 g/mol. The summed E-state index contributed by atoms with van der Waals surface area (Å²) in [5.74, 6) is 1.36. The quantitative estimate of drug-likeness (QED) is 0.652. The van der Waals surface area contributed by atoms with Crippen LogP contribution in [0.1, 0.15) is 30.0 Å². The number of hydrogen-bond donors (Lipinski definition) is 0. The van der Waals surface area contributed by atoms with Gasteiger partial charge in [-0.3, -0.25) is 9.78 Å². The smallest absolute Gasteiger partial charge is 0.224 e. The van der Waals surface area contributed by atoms with E-state index < -0.39 is 0 Å². The fourth-order valence-corrected chi connectivity index (χ4v) is 3.80. The first-order chi connectivity index (χ1) is 13.6. The molecule has 0 saturated carbocycles. The zero-order valence-corrected chi connectivity index (χ0v) is 16.2. The van der Waals surface area contributed by atoms with Crippen molar-refractivity contribution in [3.63, 3.8) is 0 Å². The van der Waals surface area contributed by atoms with Crippen molar-refractivity contribution in [2.45, 2.75) is 39.7 Å². The fraction of sp³-hybridized carbons (Fsp3) is 0.450. The Hall–Kier alpha value is -3.03. The molecule has 1 unspecified atom stereocenters. The number of amides is 1. The van der Waals surface area contributed by atoms with Gasteiger partial charge in [0, 0.05) is 44.6 Å². The van der Waals surface area contributed by atoms with Gasteiger partial charge in [-0.25, -0.2) is 9.97 Å². The molecule has 4 heterocycles. The largest absolute Gasteiger partial charge is 0.361 e. The highest BCUT2D eigenvalue weighted by molar-refractivity contribution is 5.76. The fourth-order valence-electron chi connectivity index (χ4n) is 3.80. The summed E-state index contributed by atoms with van der Waals surface area (Å²) in [4.78, 5) is 27.6. The van der Waals surface area contributed by atoms with Crippen molar-refractivity contribution in [3.8, 4) is 11.3 Å². The molecular weight excluding hydrogens is 356 g/mol. The molecule has 8 heteroatoms. The Bertz CT molecular complexity index is 930. The summed E-state index contributed by atoms with van der Waals surface area (Å²) in [5.41, 5.74) is 3.46. The molecule has 1 amide bonds. The molecule has 1 fully saturated rings. The van der Waals surface area contributed by atoms with E-state index in [0.717, 1.165) is 54.3 Å². The zero-order chi connectivity index (χ0) is 19.5. The van der Waals surface area contributed by atoms with Crippen molar-refractivity contribution in [2.75, 3.05) is 13.1 Å². The van der Waals surface area contributed by atoms with Crippen molar-refractivity contribution in [2.24, 2.45) is 5.92 Å². The van der Waals surface area contributed by atoms with Crippen LogP contribution < -0.4 is 0 Å². The molecule has 3 aromatic rings. The minimum Gasteiger partial charge on any atom is -0.361 e. The first kappa shape index (κ1) is 18.3. The molecule has 0 aliphatic carbocycles. The van der Waals surface area contributed by atoms with Crippen molar-refractivity contribution < 1.29 is 9.32 Å². The van der Waals surface area contributed by atoms with Crippen LogP contribution >= 0.6 is 0 Å². The maximum absolute atomic E-state index is 12.5. The molecule has 0 aromatic carbocycles. The van der Waals surface area contributed by atoms with Crippen molar-refractivity contribution in [1.82, 2.24) is 29.6 Å². The van der Waals surface area contributed by atoms with Gasteiger partial charge in [-0.05, 0) is 32.6 Å². The highest BCUT2D eigenvalue weighted by atomic mass is 16.5. The number of likely N-dealkylation sites (tertiary alicyclic amines) is 1. The number of carbonyl (C=O) groups excluding carboxylic acids is 1. The Morgan fingerprint density at radius 3 is 2.93 bits per heavy atom. The normalized spacial score (nSPS) is 16.6. The van der Waals surface area contributed by atoms with Crippen molar-refractivity contribution in [1.29, 1.82) is 0 Å². The number of nitrogens with zero attached hydrogens (tertiary/aromatic N) is 6. The van der Waals surface area contributed by atoms with Gasteiger partial charge in [-0.1, -0.05) is 5.16 Å². The van der Waals surface area contributed by atoms with Gasteiger partial charge in [-0.2, -0.15) is 0 Å². The summed E-state index contributed by atoms with van der Waals surface area (Å²) in [6.45, 7) is 6.05. The molecule has 28 heavy (non-hydrogen) atoms. The van der Waals surface area contributed by atoms with E-state index in [1.165, 1.54) is 0 Å². The SMILES string of the molecule is Cc1noc(C)c1-c1cncc(CC2CCN(C(=O)CCn3ccnc3)C2)n1. The second kappa shape index (κ2) is 7.92. The van der Waals surface area contributed by atoms with Crippen LogP contribution in [0, 0.1) is 19.8 Å². The number of rotatable bonds is 6. The summed E-state index contributed by atoms with van der Waals surface area (Å²) >= 11 is 0. The minimum atomic E-state index is 0.201. The lowest BCUT2D eigenvalue weighted by molar-refractivity contribution is -0.130. The van der Waals surface area contributed by atoms with Crippen molar-refractivity contribution >= 4 is 5.91 Å². The van der Waals surface area contributed by atoms with Crippen molar-refractivity contribution in [3.05, 3.63) is 48.3 Å². The lowest BCUT2D eigenvalue weighted by Gasteiger charge is -2.16. The number of aryl methyl sites for hydroxylation is 3. The van der Waals surface area contributed by atoms with Gasteiger partial charge < -0.3 is 14.0 Å². The van der Waals surface area contributed by atoms with E-state index >= 15 is 0 Å². The molecule has 3 aromatic heterocycles. The summed E-state index contributed by atoms with van der Waals surface area (Å²) < 4.78 is 7.18. The second-order valence-corrected chi connectivity index (χ2v) is 7.34. The predicted octanol–water partition coefficient (Wildman–Crippen LogP) is 2.43. The average Bonchev–Trinajstić information content (AvgIpc) is 3.42. The first-order valence-corrected chi connectivity index (χ1v) is 9.58. The molecule has 0 N–H and O–H groups in total. The standard InChI is InChI=1S/C20H24N6O2/c1-14-20(15(2)28-24-14)18-11-22-10-17(23-18)9-16-3-7-26(12-16)19(27)4-6-25-8-5-21-13-25/h5,8,10-11,13,16H,3-4,6-7,9,12H2,1-2H3. The van der Waals surface area contributed by atoms with Crippen LogP contribution in [-0.4, -0.2) is 48.6 Å². The zero-order valence-electron chi connectivity index (χ0n) is 16.2. The Morgan fingerprint density at radius 2 is 2.18 bits per heavy atom. The van der Waals surface area contributed by atoms with E-state index in [2.05, 4.69) is 15.1 Å². The van der Waals surface area contributed by atoms with E-state index in [-0.39, 0.29) is 5.91 Å². The van der Waals surface area contributed by atoms with Gasteiger partial charge in [0.1, 0.15) is 5.76 Å². The predicted molar refractivity (Wildman–Crippen MR) is 102 cm³/mol. The highest BCUT2D eigenvalue weighted by Crippen LogP contribution is 2.26. The third-order valence-electron chi connectivity index (χ3n) is 5.25. The molecule has 1 saturated heterocycles. The van der Waals surface area contributed by atoms with Crippen LogP contribution in [0.3, 0.4) is 0 Å². The highest BCUT2D eigenvalue weighted by Gasteiger charge is 2.26. The first-order valence-electron chi connectivity index (χ1n) is 9.58. The molecule has 8 nitrogen and oxygen atoms in total. The van der Waals surface area contributed by atoms with Gasteiger partial charge in [0.05, 0.1) is 35.2 Å². The molecule has 0 bridgehead atoms. The minimum absolute atomic E-state index is 0.201. The van der Waals surface area contributed by atoms with Crippen LogP contribution in [0.25, 0.3) is 11.3 Å². The lowest BCUT2D eigenvalue weighted by Crippen LogP contribution is -2.29. The van der Waals surface area contributed by atoms with E-state index in [9.17, 15) is 4.79 Å². The third kappa shape index (κ3) is 3.95. The van der Waals surface area contributed by atoms with Crippen LogP contribution in [0.2, 0.25) is 0 Å². The molecule has 0 spiro atoms. The maximum Gasteiger partial charge on any atom is 0.224 e. The average molecular weight is 380 g/mol. The number of aromatic nitrogens is 5. The Balaban J connectivity index is 1.35. The van der Waals surface area contributed by atoms with Crippen LogP contribution in [0.15, 0.2) is 35.6 Å². The number of imidazole rings is 1. The van der Waals surface area contributed by atoms with Gasteiger partial charge in [-0.15, -0.1) is 0 Å². The number of carbonyl (C=O) groups is 1. The Morgan fingerprint density at radius 1 is 1.29 bits per heavy atom. The van der Waals surface area contributed by atoms with E-state index in [4.69, 9.17) is 9.51 Å². The van der Waals surface area contributed by atoms with Crippen LogP contribution in [0.4, 0.5) is 0 Å². The molecule has 1 atom stereocenters. The maximum atomic E-state index is 12.5. The van der Waals surface area contributed by atoms with Gasteiger partial charge in [0.2, 0.25) is 5.91 Å². The molecule has 1 aliphatic heterocycles. The van der Waals surface area contributed by atoms with Gasteiger partial charge in [0.25, 0.3) is 0 Å². The summed E-state index contributed by atoms with van der Waals surface area (Å²) in [7, 11) is 0.